The summed E-state index contributed by atoms with van der Waals surface area (Å²) in [5.41, 5.74) is 1.15. The van der Waals surface area contributed by atoms with Gasteiger partial charge in [0, 0.05) is 24.7 Å². The maximum absolute atomic E-state index is 13.5. The van der Waals surface area contributed by atoms with Crippen molar-refractivity contribution < 1.29 is 22.5 Å². The summed E-state index contributed by atoms with van der Waals surface area (Å²) in [4.78, 5) is 14.5. The normalized spacial score (nSPS) is 24.9. The van der Waals surface area contributed by atoms with E-state index in [4.69, 9.17) is 4.52 Å². The van der Waals surface area contributed by atoms with E-state index in [0.29, 0.717) is 36.6 Å². The van der Waals surface area contributed by atoms with Gasteiger partial charge in [-0.3, -0.25) is 4.79 Å². The molecule has 7 nitrogen and oxygen atoms in total. The minimum Gasteiger partial charge on any atom is -0.368 e. The lowest BCUT2D eigenvalue weighted by atomic mass is 10.1. The van der Waals surface area contributed by atoms with Gasteiger partial charge in [0.15, 0.2) is 6.04 Å². The van der Waals surface area contributed by atoms with Crippen molar-refractivity contribution in [2.75, 3.05) is 11.9 Å². The molecule has 2 aliphatic rings. The molecule has 0 aliphatic carbocycles. The third-order valence-corrected chi connectivity index (χ3v) is 5.39. The topological polar surface area (TPSA) is 76.2 Å². The zero-order chi connectivity index (χ0) is 20.1. The predicted octanol–water partition coefficient (Wildman–Crippen LogP) is 3.72. The minimum atomic E-state index is -4.38. The summed E-state index contributed by atoms with van der Waals surface area (Å²) in [7, 11) is 0. The van der Waals surface area contributed by atoms with Gasteiger partial charge < -0.3 is 14.7 Å². The van der Waals surface area contributed by atoms with Crippen LogP contribution < -0.4 is 5.32 Å². The molecule has 1 saturated heterocycles. The highest BCUT2D eigenvalue weighted by Gasteiger charge is 2.46. The average molecular weight is 397 g/mol. The highest BCUT2D eigenvalue weighted by Crippen LogP contribution is 2.41. The molecule has 0 saturated carbocycles. The Labute approximate surface area is 159 Å². The van der Waals surface area contributed by atoms with Crippen molar-refractivity contribution in [1.29, 1.82) is 0 Å². The lowest BCUT2D eigenvalue weighted by Gasteiger charge is -2.31. The SMILES string of the molecule is CCc1cc(C(=O)N2CCCC2c2cc3n(n2)[C@@H](C(F)(F)F)C[C@@H](C)N3)on1. The van der Waals surface area contributed by atoms with Gasteiger partial charge in [0.1, 0.15) is 5.82 Å². The number of rotatable bonds is 3. The van der Waals surface area contributed by atoms with Crippen LogP contribution in [0, 0.1) is 0 Å². The molecule has 3 atom stereocenters. The fourth-order valence-corrected chi connectivity index (χ4v) is 3.98. The number of alkyl halides is 3. The summed E-state index contributed by atoms with van der Waals surface area (Å²) in [6.45, 7) is 4.13. The van der Waals surface area contributed by atoms with Gasteiger partial charge in [-0.05, 0) is 32.6 Å². The molecule has 1 fully saturated rings. The monoisotopic (exact) mass is 397 g/mol. The molecular weight excluding hydrogens is 375 g/mol. The Bertz CT molecular complexity index is 875. The molecule has 2 aromatic heterocycles. The van der Waals surface area contributed by atoms with Crippen molar-refractivity contribution in [3.05, 3.63) is 29.3 Å². The molecule has 28 heavy (non-hydrogen) atoms. The highest BCUT2D eigenvalue weighted by molar-refractivity contribution is 5.92. The fourth-order valence-electron chi connectivity index (χ4n) is 3.98. The van der Waals surface area contributed by atoms with Gasteiger partial charge in [-0.15, -0.1) is 0 Å². The first-order chi connectivity index (χ1) is 13.3. The lowest BCUT2D eigenvalue weighted by Crippen LogP contribution is -2.38. The van der Waals surface area contributed by atoms with Gasteiger partial charge in [-0.25, -0.2) is 4.68 Å². The van der Waals surface area contributed by atoms with Crippen LogP contribution in [0.2, 0.25) is 0 Å². The van der Waals surface area contributed by atoms with E-state index in [1.54, 1.807) is 24.0 Å². The Morgan fingerprint density at radius 3 is 2.86 bits per heavy atom. The number of likely N-dealkylation sites (tertiary alicyclic amines) is 1. The number of halogens is 3. The number of hydrogen-bond acceptors (Lipinski definition) is 5. The predicted molar refractivity (Wildman–Crippen MR) is 93.9 cm³/mol. The van der Waals surface area contributed by atoms with E-state index in [1.807, 2.05) is 6.92 Å². The number of carbonyl (C=O) groups excluding carboxylic acids is 1. The first-order valence-electron chi connectivity index (χ1n) is 9.47. The van der Waals surface area contributed by atoms with Crippen LogP contribution in [0.1, 0.15) is 67.1 Å². The second-order valence-electron chi connectivity index (χ2n) is 7.43. The smallest absolute Gasteiger partial charge is 0.368 e. The number of nitrogens with one attached hydrogen (secondary N) is 1. The maximum atomic E-state index is 13.5. The molecule has 2 aliphatic heterocycles. The lowest BCUT2D eigenvalue weighted by molar-refractivity contribution is -0.173. The number of fused-ring (bicyclic) bond motifs is 1. The summed E-state index contributed by atoms with van der Waals surface area (Å²) in [5, 5.41) is 11.2. The second kappa shape index (κ2) is 6.82. The number of anilines is 1. The minimum absolute atomic E-state index is 0.0806. The van der Waals surface area contributed by atoms with E-state index in [0.717, 1.165) is 11.1 Å². The number of carbonyl (C=O) groups is 1. The van der Waals surface area contributed by atoms with Crippen molar-refractivity contribution >= 4 is 11.7 Å². The van der Waals surface area contributed by atoms with Crippen molar-refractivity contribution in [1.82, 2.24) is 19.8 Å². The molecule has 0 radical (unpaired) electrons. The van der Waals surface area contributed by atoms with E-state index >= 15 is 0 Å². The largest absolute Gasteiger partial charge is 0.410 e. The number of aryl methyl sites for hydroxylation is 1. The molecule has 4 rings (SSSR count). The number of amides is 1. The van der Waals surface area contributed by atoms with Crippen molar-refractivity contribution in [3.63, 3.8) is 0 Å². The Morgan fingerprint density at radius 2 is 2.18 bits per heavy atom. The number of nitrogens with zero attached hydrogens (tertiary/aromatic N) is 4. The van der Waals surface area contributed by atoms with Crippen LogP contribution in [0.5, 0.6) is 0 Å². The molecule has 10 heteroatoms. The van der Waals surface area contributed by atoms with Crippen LogP contribution in [0.25, 0.3) is 0 Å². The van der Waals surface area contributed by atoms with E-state index in [2.05, 4.69) is 15.6 Å². The third-order valence-electron chi connectivity index (χ3n) is 5.39. The average Bonchev–Trinajstić information content (AvgIpc) is 3.37. The summed E-state index contributed by atoms with van der Waals surface area (Å²) < 4.78 is 46.6. The van der Waals surface area contributed by atoms with E-state index in [-0.39, 0.29) is 30.2 Å². The van der Waals surface area contributed by atoms with Gasteiger partial charge in [-0.1, -0.05) is 12.1 Å². The molecular formula is C18H22F3N5O2. The molecule has 2 aromatic rings. The molecule has 0 bridgehead atoms. The van der Waals surface area contributed by atoms with Crippen LogP contribution in [-0.2, 0) is 6.42 Å². The fraction of sp³-hybridized carbons (Fsp3) is 0.611. The number of hydrogen-bond donors (Lipinski definition) is 1. The zero-order valence-electron chi connectivity index (χ0n) is 15.7. The molecule has 0 aromatic carbocycles. The Morgan fingerprint density at radius 1 is 1.39 bits per heavy atom. The van der Waals surface area contributed by atoms with E-state index in [1.165, 1.54) is 0 Å². The van der Waals surface area contributed by atoms with Crippen LogP contribution >= 0.6 is 0 Å². The Hall–Kier alpha value is -2.52. The molecule has 152 valence electrons. The zero-order valence-corrected chi connectivity index (χ0v) is 15.7. The maximum Gasteiger partial charge on any atom is 0.410 e. The molecule has 0 spiro atoms. The quantitative estimate of drug-likeness (QED) is 0.854. The first-order valence-corrected chi connectivity index (χ1v) is 9.47. The van der Waals surface area contributed by atoms with Crippen molar-refractivity contribution in [2.24, 2.45) is 0 Å². The van der Waals surface area contributed by atoms with E-state index in [9.17, 15) is 18.0 Å². The molecule has 1 amide bonds. The van der Waals surface area contributed by atoms with Gasteiger partial charge in [0.2, 0.25) is 5.76 Å². The van der Waals surface area contributed by atoms with Crippen LogP contribution in [0.3, 0.4) is 0 Å². The van der Waals surface area contributed by atoms with Crippen molar-refractivity contribution in [3.8, 4) is 0 Å². The second-order valence-corrected chi connectivity index (χ2v) is 7.43. The molecule has 1 unspecified atom stereocenters. The highest BCUT2D eigenvalue weighted by atomic mass is 19.4. The Kier molecular flexibility index (Phi) is 4.59. The Balaban J connectivity index is 1.63. The van der Waals surface area contributed by atoms with Gasteiger partial charge in [0.05, 0.1) is 17.4 Å². The summed E-state index contributed by atoms with van der Waals surface area (Å²) in [6.07, 6.45) is -2.42. The van der Waals surface area contributed by atoms with E-state index < -0.39 is 12.2 Å². The first kappa shape index (κ1) is 18.8. The molecule has 1 N–H and O–H groups in total. The van der Waals surface area contributed by atoms with Crippen LogP contribution in [0.15, 0.2) is 16.7 Å². The van der Waals surface area contributed by atoms with Crippen LogP contribution in [0.4, 0.5) is 19.0 Å². The van der Waals surface area contributed by atoms with Crippen LogP contribution in [-0.4, -0.2) is 44.5 Å². The summed E-state index contributed by atoms with van der Waals surface area (Å²) >= 11 is 0. The summed E-state index contributed by atoms with van der Waals surface area (Å²) in [5.74, 6) is 0.172. The molecule has 4 heterocycles. The summed E-state index contributed by atoms with van der Waals surface area (Å²) in [6, 6.07) is 0.874. The number of aromatic nitrogens is 3. The van der Waals surface area contributed by atoms with Gasteiger partial charge >= 0.3 is 6.18 Å². The third kappa shape index (κ3) is 3.24. The van der Waals surface area contributed by atoms with Crippen molar-refractivity contribution in [2.45, 2.75) is 63.8 Å². The van der Waals surface area contributed by atoms with Gasteiger partial charge in [-0.2, -0.15) is 18.3 Å². The van der Waals surface area contributed by atoms with Gasteiger partial charge in [0.25, 0.3) is 5.91 Å². The standard InChI is InChI=1S/C18H22F3N5O2/c1-3-11-8-14(28-24-11)17(27)25-6-4-5-13(25)12-9-16-22-10(2)7-15(18(19,20)21)26(16)23-12/h8-10,13,15,22H,3-7H2,1-2H3/t10-,13?,15-/m1/s1.